The van der Waals surface area contributed by atoms with E-state index in [1.165, 1.54) is 36.0 Å². The summed E-state index contributed by atoms with van der Waals surface area (Å²) in [6.07, 6.45) is 13.3. The van der Waals surface area contributed by atoms with Crippen molar-refractivity contribution in [2.24, 2.45) is 0 Å². The third kappa shape index (κ3) is 2.82. The molecule has 0 aromatic heterocycles. The summed E-state index contributed by atoms with van der Waals surface area (Å²) in [5.74, 6) is 1.20. The van der Waals surface area contributed by atoms with Crippen LogP contribution in [0.3, 0.4) is 0 Å². The van der Waals surface area contributed by atoms with E-state index >= 15 is 0 Å². The van der Waals surface area contributed by atoms with Crippen molar-refractivity contribution in [2.45, 2.75) is 41.1 Å². The predicted octanol–water partition coefficient (Wildman–Crippen LogP) is 6.50. The number of hydrogen-bond acceptors (Lipinski definition) is 0. The van der Waals surface area contributed by atoms with Crippen molar-refractivity contribution < 1.29 is 24.7 Å². The molecule has 0 spiro atoms. The number of allylic oxidation sites excluding steroid dienone is 2. The Hall–Kier alpha value is -1.20. The molecule has 0 radical (unpaired) electrons. The van der Waals surface area contributed by atoms with Crippen LogP contribution in [-0.2, 0) is 24.7 Å². The Kier molecular flexibility index (Phi) is 4.48. The fourth-order valence-electron chi connectivity index (χ4n) is 4.27. The molecular weight excluding hydrogens is 367 g/mol. The second-order valence-electron chi connectivity index (χ2n) is 7.11. The van der Waals surface area contributed by atoms with Gasteiger partial charge in [-0.3, -0.25) is 0 Å². The first-order chi connectivity index (χ1) is 11.7. The molecule has 119 valence electrons. The first-order valence-electron chi connectivity index (χ1n) is 9.00. The normalized spacial score (nSPS) is 23.0. The van der Waals surface area contributed by atoms with Gasteiger partial charge in [0, 0.05) is 0 Å². The number of hydrogen-bond donors (Lipinski definition) is 0. The molecule has 0 nitrogen and oxygen atoms in total. The molecule has 4 rings (SSSR count). The van der Waals surface area contributed by atoms with E-state index < -0.39 is 0 Å². The molecule has 0 fully saturated rings. The summed E-state index contributed by atoms with van der Waals surface area (Å²) in [5.41, 5.74) is 5.90. The van der Waals surface area contributed by atoms with Crippen LogP contribution in [0.2, 0.25) is 3.12 Å². The van der Waals surface area contributed by atoms with Crippen LogP contribution in [0, 0.1) is 0 Å². The van der Waals surface area contributed by atoms with Crippen molar-refractivity contribution >= 4 is 12.2 Å². The summed E-state index contributed by atoms with van der Waals surface area (Å²) in [6.45, 7) is 2.38. The summed E-state index contributed by atoms with van der Waals surface area (Å²) in [5, 5.41) is 0. The fraction of sp³-hybridized carbons (Fsp3) is 0.304. The topological polar surface area (TPSA) is 0 Å². The Morgan fingerprint density at radius 2 is 1.50 bits per heavy atom. The van der Waals surface area contributed by atoms with E-state index in [1.807, 2.05) is 0 Å². The monoisotopic (exact) mass is 389 g/mol. The average Bonchev–Trinajstić information content (AvgIpc) is 3.24. The van der Waals surface area contributed by atoms with E-state index in [4.69, 9.17) is 0 Å². The molecular formula is C23H23Zr. The van der Waals surface area contributed by atoms with Gasteiger partial charge in [0.15, 0.2) is 0 Å². The molecule has 2 aromatic rings. The van der Waals surface area contributed by atoms with E-state index in [1.54, 1.807) is 30.3 Å². The summed E-state index contributed by atoms with van der Waals surface area (Å²) in [4.78, 5) is 0. The van der Waals surface area contributed by atoms with Gasteiger partial charge in [-0.2, -0.15) is 0 Å². The standard InChI is InChI=1S/C23H23.Zr/c1-2-17(23-16-15-19-8-4-6-10-22(19)23)11-12-20-14-13-18-7-3-5-9-21(18)20;/h3-10,13-16,20,23H,2,11-12H2,1H3;. The molecule has 2 aliphatic rings. The number of benzene rings is 2. The second kappa shape index (κ2) is 6.60. The van der Waals surface area contributed by atoms with E-state index in [0.717, 1.165) is 0 Å². The van der Waals surface area contributed by atoms with Crippen molar-refractivity contribution in [1.29, 1.82) is 0 Å². The molecule has 0 amide bonds. The maximum absolute atomic E-state index is 2.46. The van der Waals surface area contributed by atoms with Crippen molar-refractivity contribution in [1.82, 2.24) is 0 Å². The van der Waals surface area contributed by atoms with Gasteiger partial charge in [-0.05, 0) is 0 Å². The molecule has 24 heavy (non-hydrogen) atoms. The fourth-order valence-corrected chi connectivity index (χ4v) is 5.25. The Balaban J connectivity index is 1.53. The maximum atomic E-state index is 2.46. The van der Waals surface area contributed by atoms with Crippen molar-refractivity contribution in [3.63, 3.8) is 0 Å². The zero-order chi connectivity index (χ0) is 16.6. The van der Waals surface area contributed by atoms with Crippen LogP contribution in [0.4, 0.5) is 0 Å². The molecule has 0 aliphatic heterocycles. The Morgan fingerprint density at radius 3 is 2.25 bits per heavy atom. The third-order valence-corrected chi connectivity index (χ3v) is 8.08. The molecule has 2 aliphatic carbocycles. The van der Waals surface area contributed by atoms with Crippen LogP contribution in [0.5, 0.6) is 0 Å². The Labute approximate surface area is 160 Å². The van der Waals surface area contributed by atoms with Gasteiger partial charge in [-0.1, -0.05) is 0 Å². The quantitative estimate of drug-likeness (QED) is 0.546. The van der Waals surface area contributed by atoms with Gasteiger partial charge < -0.3 is 0 Å². The van der Waals surface area contributed by atoms with Gasteiger partial charge >= 0.3 is 161 Å². The molecule has 0 bridgehead atoms. The molecule has 2 aromatic carbocycles. The zero-order valence-corrected chi connectivity index (χ0v) is 16.7. The summed E-state index contributed by atoms with van der Waals surface area (Å²) in [7, 11) is 0. The van der Waals surface area contributed by atoms with Crippen molar-refractivity contribution in [3.8, 4) is 0 Å². The molecule has 1 heteroatoms. The summed E-state index contributed by atoms with van der Waals surface area (Å²) >= 11 is 1.68. The second-order valence-corrected chi connectivity index (χ2v) is 9.56. The van der Waals surface area contributed by atoms with E-state index in [0.29, 0.717) is 15.0 Å². The molecule has 0 saturated heterocycles. The van der Waals surface area contributed by atoms with Gasteiger partial charge in [0.2, 0.25) is 0 Å². The van der Waals surface area contributed by atoms with Gasteiger partial charge in [0.1, 0.15) is 0 Å². The minimum atomic E-state index is 0.418. The first-order valence-corrected chi connectivity index (χ1v) is 10.2. The predicted molar refractivity (Wildman–Crippen MR) is 98.7 cm³/mol. The van der Waals surface area contributed by atoms with Crippen LogP contribution in [0.1, 0.15) is 60.3 Å². The van der Waals surface area contributed by atoms with Gasteiger partial charge in [0.25, 0.3) is 0 Å². The van der Waals surface area contributed by atoms with Crippen LogP contribution < -0.4 is 0 Å². The molecule has 0 N–H and O–H groups in total. The number of rotatable bonds is 5. The molecule has 0 heterocycles. The van der Waals surface area contributed by atoms with Crippen LogP contribution in [0.15, 0.2) is 60.7 Å². The van der Waals surface area contributed by atoms with Gasteiger partial charge in [-0.25, -0.2) is 0 Å². The summed E-state index contributed by atoms with van der Waals surface area (Å²) < 4.78 is 0.418. The van der Waals surface area contributed by atoms with E-state index in [9.17, 15) is 0 Å². The third-order valence-electron chi connectivity index (χ3n) is 5.83. The van der Waals surface area contributed by atoms with Crippen molar-refractivity contribution in [2.75, 3.05) is 0 Å². The summed E-state index contributed by atoms with van der Waals surface area (Å²) in [6, 6.07) is 17.8. The molecule has 0 saturated carbocycles. The SMILES string of the molecule is CC[C]([Zr])(CCC1C=Cc2ccccc21)C1C=Cc2ccccc21. The van der Waals surface area contributed by atoms with Gasteiger partial charge in [0.05, 0.1) is 0 Å². The van der Waals surface area contributed by atoms with E-state index in [-0.39, 0.29) is 0 Å². The van der Waals surface area contributed by atoms with Crippen LogP contribution in [0.25, 0.3) is 12.2 Å². The molecule has 3 unspecified atom stereocenters. The first kappa shape index (κ1) is 16.3. The van der Waals surface area contributed by atoms with Crippen LogP contribution in [-0.4, -0.2) is 0 Å². The van der Waals surface area contributed by atoms with Crippen LogP contribution >= 0.6 is 0 Å². The Bertz CT molecular complexity index is 801. The van der Waals surface area contributed by atoms with Crippen molar-refractivity contribution in [3.05, 3.63) is 82.9 Å². The number of fused-ring (bicyclic) bond motifs is 2. The minimum absolute atomic E-state index is 0.418. The van der Waals surface area contributed by atoms with E-state index in [2.05, 4.69) is 79.8 Å². The Morgan fingerprint density at radius 1 is 0.875 bits per heavy atom. The zero-order valence-electron chi connectivity index (χ0n) is 14.2. The average molecular weight is 391 g/mol. The molecule has 3 atom stereocenters. The van der Waals surface area contributed by atoms with Gasteiger partial charge in [-0.15, -0.1) is 0 Å².